The predicted octanol–water partition coefficient (Wildman–Crippen LogP) is 2.38. The van der Waals surface area contributed by atoms with Gasteiger partial charge in [-0.2, -0.15) is 5.26 Å². The molecular formula is C13H9N5OS. The van der Waals surface area contributed by atoms with Crippen LogP contribution in [0.25, 0.3) is 11.0 Å². The minimum atomic E-state index is 0.334. The summed E-state index contributed by atoms with van der Waals surface area (Å²) in [5.41, 5.74) is 2.05. The van der Waals surface area contributed by atoms with E-state index in [0.29, 0.717) is 16.0 Å². The van der Waals surface area contributed by atoms with E-state index in [0.717, 1.165) is 16.8 Å². The van der Waals surface area contributed by atoms with Gasteiger partial charge in [-0.05, 0) is 30.0 Å². The van der Waals surface area contributed by atoms with Gasteiger partial charge in [-0.15, -0.1) is 0 Å². The Kier molecular flexibility index (Phi) is 3.23. The van der Waals surface area contributed by atoms with E-state index in [9.17, 15) is 0 Å². The zero-order valence-corrected chi connectivity index (χ0v) is 11.3. The van der Waals surface area contributed by atoms with Gasteiger partial charge in [0.1, 0.15) is 17.5 Å². The first-order valence-electron chi connectivity index (χ1n) is 5.73. The third-order valence-corrected chi connectivity index (χ3v) is 3.37. The SMILES string of the molecule is COc1ccc2nc(Sc3nccc(C#N)n3)[nH]c2c1. The highest BCUT2D eigenvalue weighted by Gasteiger charge is 2.08. The Morgan fingerprint density at radius 2 is 2.20 bits per heavy atom. The number of ether oxygens (including phenoxy) is 1. The van der Waals surface area contributed by atoms with E-state index in [1.165, 1.54) is 11.8 Å². The van der Waals surface area contributed by atoms with Crippen LogP contribution in [-0.4, -0.2) is 27.0 Å². The molecule has 20 heavy (non-hydrogen) atoms. The number of aromatic amines is 1. The van der Waals surface area contributed by atoms with Crippen LogP contribution >= 0.6 is 11.8 Å². The molecule has 98 valence electrons. The van der Waals surface area contributed by atoms with Crippen molar-refractivity contribution in [2.75, 3.05) is 7.11 Å². The molecule has 1 aromatic carbocycles. The number of methoxy groups -OCH3 is 1. The van der Waals surface area contributed by atoms with Crippen molar-refractivity contribution in [1.82, 2.24) is 19.9 Å². The van der Waals surface area contributed by atoms with Gasteiger partial charge in [-0.1, -0.05) is 0 Å². The summed E-state index contributed by atoms with van der Waals surface area (Å²) in [5.74, 6) is 0.764. The normalized spacial score (nSPS) is 10.4. The molecule has 0 amide bonds. The summed E-state index contributed by atoms with van der Waals surface area (Å²) in [5, 5.41) is 9.96. The fraction of sp³-hybridized carbons (Fsp3) is 0.0769. The Balaban J connectivity index is 1.92. The number of imidazole rings is 1. The third-order valence-electron chi connectivity index (χ3n) is 2.60. The van der Waals surface area contributed by atoms with Crippen molar-refractivity contribution in [1.29, 1.82) is 5.26 Å². The molecule has 0 atom stereocenters. The summed E-state index contributed by atoms with van der Waals surface area (Å²) in [4.78, 5) is 15.8. The minimum absolute atomic E-state index is 0.334. The van der Waals surface area contributed by atoms with Gasteiger partial charge < -0.3 is 9.72 Å². The second-order valence-corrected chi connectivity index (χ2v) is 4.82. The number of H-pyrrole nitrogens is 1. The second kappa shape index (κ2) is 5.19. The fourth-order valence-electron chi connectivity index (χ4n) is 1.68. The molecule has 2 aromatic heterocycles. The number of nitriles is 1. The average molecular weight is 283 g/mol. The zero-order chi connectivity index (χ0) is 13.9. The Morgan fingerprint density at radius 1 is 1.30 bits per heavy atom. The van der Waals surface area contributed by atoms with Crippen molar-refractivity contribution in [3.63, 3.8) is 0 Å². The lowest BCUT2D eigenvalue weighted by atomic mass is 10.3. The van der Waals surface area contributed by atoms with Crippen LogP contribution in [0.1, 0.15) is 5.69 Å². The molecule has 0 radical (unpaired) electrons. The fourth-order valence-corrected chi connectivity index (χ4v) is 2.41. The monoisotopic (exact) mass is 283 g/mol. The standard InChI is InChI=1S/C13H9N5OS/c1-19-9-2-3-10-11(6-9)18-13(17-10)20-12-15-5-4-8(7-14)16-12/h2-6H,1H3,(H,17,18). The molecule has 0 saturated carbocycles. The molecule has 0 saturated heterocycles. The van der Waals surface area contributed by atoms with E-state index in [4.69, 9.17) is 10.00 Å². The van der Waals surface area contributed by atoms with Crippen LogP contribution in [0.4, 0.5) is 0 Å². The summed E-state index contributed by atoms with van der Waals surface area (Å²) >= 11 is 1.28. The second-order valence-electron chi connectivity index (χ2n) is 3.86. The smallest absolute Gasteiger partial charge is 0.196 e. The van der Waals surface area contributed by atoms with Crippen LogP contribution in [0.2, 0.25) is 0 Å². The van der Waals surface area contributed by atoms with Crippen molar-refractivity contribution in [3.05, 3.63) is 36.2 Å². The maximum absolute atomic E-state index is 8.81. The zero-order valence-electron chi connectivity index (χ0n) is 10.5. The van der Waals surface area contributed by atoms with Crippen LogP contribution in [0.5, 0.6) is 5.75 Å². The summed E-state index contributed by atoms with van der Waals surface area (Å²) in [6.45, 7) is 0. The highest BCUT2D eigenvalue weighted by molar-refractivity contribution is 7.99. The van der Waals surface area contributed by atoms with Crippen molar-refractivity contribution in [2.24, 2.45) is 0 Å². The number of benzene rings is 1. The molecule has 3 rings (SSSR count). The highest BCUT2D eigenvalue weighted by Crippen LogP contribution is 2.26. The Labute approximate surface area is 118 Å². The molecule has 0 bridgehead atoms. The molecule has 0 aliphatic rings. The van der Waals surface area contributed by atoms with E-state index >= 15 is 0 Å². The lowest BCUT2D eigenvalue weighted by Crippen LogP contribution is -1.89. The van der Waals surface area contributed by atoms with Crippen LogP contribution in [0, 0.1) is 11.3 Å². The first-order chi connectivity index (χ1) is 9.78. The largest absolute Gasteiger partial charge is 0.497 e. The number of hydrogen-bond donors (Lipinski definition) is 1. The molecule has 0 spiro atoms. The Hall–Kier alpha value is -2.59. The van der Waals surface area contributed by atoms with Gasteiger partial charge in [0.05, 0.1) is 18.1 Å². The van der Waals surface area contributed by atoms with E-state index in [1.807, 2.05) is 24.3 Å². The van der Waals surface area contributed by atoms with Crippen molar-refractivity contribution in [2.45, 2.75) is 10.3 Å². The molecule has 0 aliphatic carbocycles. The van der Waals surface area contributed by atoms with Crippen LogP contribution < -0.4 is 4.74 Å². The molecular weight excluding hydrogens is 274 g/mol. The summed E-state index contributed by atoms with van der Waals surface area (Å²) < 4.78 is 5.16. The van der Waals surface area contributed by atoms with E-state index in [-0.39, 0.29) is 0 Å². The maximum Gasteiger partial charge on any atom is 0.196 e. The van der Waals surface area contributed by atoms with E-state index in [2.05, 4.69) is 19.9 Å². The van der Waals surface area contributed by atoms with Crippen LogP contribution in [0.3, 0.4) is 0 Å². The summed E-state index contributed by atoms with van der Waals surface area (Å²) in [6, 6.07) is 9.15. The van der Waals surface area contributed by atoms with Crippen molar-refractivity contribution in [3.8, 4) is 11.8 Å². The predicted molar refractivity (Wildman–Crippen MR) is 73.5 cm³/mol. The summed E-state index contributed by atoms with van der Waals surface area (Å²) in [7, 11) is 1.62. The molecule has 3 aromatic rings. The maximum atomic E-state index is 8.81. The highest BCUT2D eigenvalue weighted by atomic mass is 32.2. The topological polar surface area (TPSA) is 87.5 Å². The molecule has 1 N–H and O–H groups in total. The molecule has 7 heteroatoms. The molecule has 0 fully saturated rings. The van der Waals surface area contributed by atoms with Gasteiger partial charge in [0.25, 0.3) is 0 Å². The molecule has 6 nitrogen and oxygen atoms in total. The Morgan fingerprint density at radius 3 is 3.00 bits per heavy atom. The Bertz CT molecular complexity index is 808. The molecule has 0 aliphatic heterocycles. The van der Waals surface area contributed by atoms with Gasteiger partial charge in [0.2, 0.25) is 0 Å². The molecule has 2 heterocycles. The number of aromatic nitrogens is 4. The third kappa shape index (κ3) is 2.41. The number of nitrogens with zero attached hydrogens (tertiary/aromatic N) is 4. The van der Waals surface area contributed by atoms with Gasteiger partial charge in [0, 0.05) is 12.3 Å². The van der Waals surface area contributed by atoms with E-state index < -0.39 is 0 Å². The van der Waals surface area contributed by atoms with Crippen LogP contribution in [0.15, 0.2) is 40.8 Å². The number of hydrogen-bond acceptors (Lipinski definition) is 6. The van der Waals surface area contributed by atoms with Gasteiger partial charge in [-0.3, -0.25) is 0 Å². The van der Waals surface area contributed by atoms with Crippen molar-refractivity contribution < 1.29 is 4.74 Å². The first-order valence-corrected chi connectivity index (χ1v) is 6.55. The van der Waals surface area contributed by atoms with Crippen molar-refractivity contribution >= 4 is 22.8 Å². The number of nitrogens with one attached hydrogen (secondary N) is 1. The van der Waals surface area contributed by atoms with Gasteiger partial charge >= 0.3 is 0 Å². The van der Waals surface area contributed by atoms with Crippen LogP contribution in [-0.2, 0) is 0 Å². The quantitative estimate of drug-likeness (QED) is 0.742. The molecule has 0 unspecified atom stereocenters. The first kappa shape index (κ1) is 12.4. The van der Waals surface area contributed by atoms with Gasteiger partial charge in [-0.25, -0.2) is 15.0 Å². The lowest BCUT2D eigenvalue weighted by Gasteiger charge is -1.96. The van der Waals surface area contributed by atoms with E-state index in [1.54, 1.807) is 19.4 Å². The minimum Gasteiger partial charge on any atom is -0.497 e. The number of rotatable bonds is 3. The number of fused-ring (bicyclic) bond motifs is 1. The van der Waals surface area contributed by atoms with Gasteiger partial charge in [0.15, 0.2) is 10.3 Å². The lowest BCUT2D eigenvalue weighted by molar-refractivity contribution is 0.415. The average Bonchev–Trinajstić information content (AvgIpc) is 2.88. The summed E-state index contributed by atoms with van der Waals surface area (Å²) in [6.07, 6.45) is 1.56.